The Morgan fingerprint density at radius 1 is 1.32 bits per heavy atom. The second-order valence-electron chi connectivity index (χ2n) is 6.68. The Morgan fingerprint density at radius 3 is 2.72 bits per heavy atom. The van der Waals surface area contributed by atoms with E-state index in [1.807, 2.05) is 6.07 Å². The predicted octanol–water partition coefficient (Wildman–Crippen LogP) is 4.70. The lowest BCUT2D eigenvalue weighted by molar-refractivity contribution is 0.0464. The molecule has 0 aromatic heterocycles. The van der Waals surface area contributed by atoms with Gasteiger partial charge in [-0.25, -0.2) is 0 Å². The summed E-state index contributed by atoms with van der Waals surface area (Å²) in [5.41, 5.74) is 2.72. The van der Waals surface area contributed by atoms with Crippen molar-refractivity contribution in [1.82, 2.24) is 5.32 Å². The summed E-state index contributed by atoms with van der Waals surface area (Å²) in [6.07, 6.45) is 0.785. The summed E-state index contributed by atoms with van der Waals surface area (Å²) in [6, 6.07) is 12.4. The first kappa shape index (κ1) is 16.7. The predicted molar refractivity (Wildman–Crippen MR) is 106 cm³/mol. The number of ether oxygens (including phenoxy) is 2. The molecule has 4 nitrogen and oxygen atoms in total. The lowest BCUT2D eigenvalue weighted by Gasteiger charge is -2.52. The molecule has 1 fully saturated rings. The summed E-state index contributed by atoms with van der Waals surface area (Å²) in [5.74, 6) is 1.50. The molecule has 2 aromatic rings. The molecular weight excluding hydrogens is 400 g/mol. The van der Waals surface area contributed by atoms with Gasteiger partial charge < -0.3 is 14.8 Å². The quantitative estimate of drug-likeness (QED) is 0.714. The van der Waals surface area contributed by atoms with Gasteiger partial charge in [0.25, 0.3) is 0 Å². The number of methoxy groups -OCH3 is 1. The van der Waals surface area contributed by atoms with Crippen LogP contribution >= 0.6 is 28.1 Å². The molecule has 4 rings (SSSR count). The molecule has 2 aliphatic rings. The number of nitrogens with one attached hydrogen (secondary N) is 1. The maximum atomic E-state index is 6.49. The lowest BCUT2D eigenvalue weighted by atomic mass is 9.90. The Bertz CT molecular complexity index is 855. The van der Waals surface area contributed by atoms with E-state index in [9.17, 15) is 0 Å². The first-order valence-corrected chi connectivity index (χ1v) is 9.35. The van der Waals surface area contributed by atoms with Crippen molar-refractivity contribution in [2.75, 3.05) is 12.0 Å². The molecule has 25 heavy (non-hydrogen) atoms. The van der Waals surface area contributed by atoms with Crippen molar-refractivity contribution in [2.45, 2.75) is 32.0 Å². The van der Waals surface area contributed by atoms with E-state index >= 15 is 0 Å². The van der Waals surface area contributed by atoms with Crippen molar-refractivity contribution in [2.24, 2.45) is 0 Å². The number of hydrogen-bond acceptors (Lipinski definition) is 3. The standard InChI is InChI=1S/C19H19BrN2O2S/c1-11-4-6-13(7-5-11)22-18(25)21-15-10-19(22,2)24-17-14(15)8-12(20)9-16(17)23-3/h4-9,15H,10H2,1-3H3,(H,21,25). The highest BCUT2D eigenvalue weighted by Gasteiger charge is 2.49. The zero-order chi connectivity index (χ0) is 17.8. The Labute approximate surface area is 161 Å². The molecule has 0 saturated carbocycles. The number of benzene rings is 2. The molecule has 1 N–H and O–H groups in total. The molecule has 2 atom stereocenters. The molecular formula is C19H19BrN2O2S. The number of anilines is 1. The van der Waals surface area contributed by atoms with Gasteiger partial charge >= 0.3 is 0 Å². The van der Waals surface area contributed by atoms with Gasteiger partial charge in [0.15, 0.2) is 22.3 Å². The number of fused-ring (bicyclic) bond motifs is 4. The van der Waals surface area contributed by atoms with Gasteiger partial charge in [0.05, 0.1) is 13.2 Å². The van der Waals surface area contributed by atoms with Crippen LogP contribution < -0.4 is 19.7 Å². The van der Waals surface area contributed by atoms with Crippen LogP contribution in [0.3, 0.4) is 0 Å². The number of aryl methyl sites for hydroxylation is 1. The van der Waals surface area contributed by atoms with E-state index in [0.29, 0.717) is 5.11 Å². The van der Waals surface area contributed by atoms with Crippen molar-refractivity contribution < 1.29 is 9.47 Å². The van der Waals surface area contributed by atoms with Crippen LogP contribution in [-0.4, -0.2) is 17.9 Å². The van der Waals surface area contributed by atoms with Crippen LogP contribution in [-0.2, 0) is 0 Å². The first-order chi connectivity index (χ1) is 11.9. The van der Waals surface area contributed by atoms with Gasteiger partial charge in [-0.2, -0.15) is 0 Å². The van der Waals surface area contributed by atoms with Gasteiger partial charge in [-0.05, 0) is 50.3 Å². The van der Waals surface area contributed by atoms with Crippen molar-refractivity contribution >= 4 is 38.9 Å². The zero-order valence-electron chi connectivity index (χ0n) is 14.3. The van der Waals surface area contributed by atoms with Crippen LogP contribution in [0.25, 0.3) is 0 Å². The van der Waals surface area contributed by atoms with Gasteiger partial charge in [-0.1, -0.05) is 33.6 Å². The molecule has 0 amide bonds. The van der Waals surface area contributed by atoms with Gasteiger partial charge in [0, 0.05) is 22.1 Å². The summed E-state index contributed by atoms with van der Waals surface area (Å²) in [7, 11) is 1.66. The molecule has 130 valence electrons. The number of halogens is 1. The van der Waals surface area contributed by atoms with Crippen LogP contribution in [0, 0.1) is 6.92 Å². The van der Waals surface area contributed by atoms with Crippen LogP contribution in [0.2, 0.25) is 0 Å². The third-order valence-corrected chi connectivity index (χ3v) is 5.57. The third-order valence-electron chi connectivity index (χ3n) is 4.81. The topological polar surface area (TPSA) is 33.7 Å². The monoisotopic (exact) mass is 418 g/mol. The molecule has 2 aliphatic heterocycles. The largest absolute Gasteiger partial charge is 0.493 e. The summed E-state index contributed by atoms with van der Waals surface area (Å²) in [5, 5.41) is 4.15. The molecule has 1 saturated heterocycles. The molecule has 0 aliphatic carbocycles. The number of nitrogens with zero attached hydrogens (tertiary/aromatic N) is 1. The average molecular weight is 419 g/mol. The number of hydrogen-bond donors (Lipinski definition) is 1. The van der Waals surface area contributed by atoms with Crippen molar-refractivity contribution in [3.63, 3.8) is 0 Å². The number of thiocarbonyl (C=S) groups is 1. The van der Waals surface area contributed by atoms with E-state index < -0.39 is 5.72 Å². The van der Waals surface area contributed by atoms with Crippen molar-refractivity contribution in [1.29, 1.82) is 0 Å². The minimum atomic E-state index is -0.573. The van der Waals surface area contributed by atoms with Gasteiger partial charge in [-0.3, -0.25) is 4.90 Å². The van der Waals surface area contributed by atoms with E-state index in [0.717, 1.165) is 33.6 Å². The average Bonchev–Trinajstić information content (AvgIpc) is 2.56. The molecule has 2 heterocycles. The second-order valence-corrected chi connectivity index (χ2v) is 7.98. The fraction of sp³-hybridized carbons (Fsp3) is 0.316. The Hall–Kier alpha value is -1.79. The zero-order valence-corrected chi connectivity index (χ0v) is 16.7. The smallest absolute Gasteiger partial charge is 0.188 e. The van der Waals surface area contributed by atoms with Crippen molar-refractivity contribution in [3.8, 4) is 11.5 Å². The Balaban J connectivity index is 1.82. The van der Waals surface area contributed by atoms with Crippen LogP contribution in [0.4, 0.5) is 5.69 Å². The minimum absolute atomic E-state index is 0.0920. The maximum Gasteiger partial charge on any atom is 0.188 e. The van der Waals surface area contributed by atoms with Crippen molar-refractivity contribution in [3.05, 3.63) is 52.0 Å². The molecule has 0 spiro atoms. The highest BCUT2D eigenvalue weighted by molar-refractivity contribution is 9.10. The van der Waals surface area contributed by atoms with Gasteiger partial charge in [-0.15, -0.1) is 0 Å². The summed E-state index contributed by atoms with van der Waals surface area (Å²) < 4.78 is 13.0. The van der Waals surface area contributed by atoms with Crippen LogP contribution in [0.5, 0.6) is 11.5 Å². The fourth-order valence-corrected chi connectivity index (χ4v) is 4.53. The summed E-state index contributed by atoms with van der Waals surface area (Å²) >= 11 is 9.23. The SMILES string of the molecule is COc1cc(Br)cc2c1OC1(C)CC2NC(=S)N1c1ccc(C)cc1. The van der Waals surface area contributed by atoms with Crippen LogP contribution in [0.15, 0.2) is 40.9 Å². The third kappa shape index (κ3) is 2.68. The normalized spacial score (nSPS) is 24.2. The molecule has 0 radical (unpaired) electrons. The summed E-state index contributed by atoms with van der Waals surface area (Å²) in [4.78, 5) is 2.06. The van der Waals surface area contributed by atoms with E-state index in [1.54, 1.807) is 7.11 Å². The fourth-order valence-electron chi connectivity index (χ4n) is 3.64. The highest BCUT2D eigenvalue weighted by atomic mass is 79.9. The lowest BCUT2D eigenvalue weighted by Crippen LogP contribution is -2.65. The maximum absolute atomic E-state index is 6.49. The molecule has 2 unspecified atom stereocenters. The van der Waals surface area contributed by atoms with E-state index in [1.165, 1.54) is 5.56 Å². The molecule has 2 bridgehead atoms. The Morgan fingerprint density at radius 2 is 2.04 bits per heavy atom. The first-order valence-electron chi connectivity index (χ1n) is 8.15. The van der Waals surface area contributed by atoms with Crippen LogP contribution in [0.1, 0.15) is 30.5 Å². The van der Waals surface area contributed by atoms with E-state index in [4.69, 9.17) is 21.7 Å². The second kappa shape index (κ2) is 5.88. The molecule has 6 heteroatoms. The number of rotatable bonds is 2. The molecule has 2 aromatic carbocycles. The Kier molecular flexibility index (Phi) is 3.92. The summed E-state index contributed by atoms with van der Waals surface area (Å²) in [6.45, 7) is 4.15. The highest BCUT2D eigenvalue weighted by Crippen LogP contribution is 2.50. The van der Waals surface area contributed by atoms with E-state index in [2.05, 4.69) is 70.3 Å². The van der Waals surface area contributed by atoms with E-state index in [-0.39, 0.29) is 6.04 Å². The van der Waals surface area contributed by atoms with Gasteiger partial charge in [0.1, 0.15) is 0 Å². The van der Waals surface area contributed by atoms with Gasteiger partial charge in [0.2, 0.25) is 0 Å². The minimum Gasteiger partial charge on any atom is -0.493 e.